The van der Waals surface area contributed by atoms with Crippen molar-refractivity contribution < 1.29 is 13.9 Å². The third-order valence-electron chi connectivity index (χ3n) is 2.89. The minimum Gasteiger partial charge on any atom is -0.426 e. The summed E-state index contributed by atoms with van der Waals surface area (Å²) in [5.74, 6) is 0.780. The highest BCUT2D eigenvalue weighted by Gasteiger charge is 2.12. The molecule has 1 N–H and O–H groups in total. The minimum atomic E-state index is -0.250. The molecule has 0 saturated carbocycles. The second kappa shape index (κ2) is 7.87. The Labute approximate surface area is 134 Å². The van der Waals surface area contributed by atoms with Crippen LogP contribution in [0, 0.1) is 0 Å². The van der Waals surface area contributed by atoms with Gasteiger partial charge in [0.05, 0.1) is 0 Å². The van der Waals surface area contributed by atoms with E-state index in [0.29, 0.717) is 17.3 Å². The van der Waals surface area contributed by atoms with Gasteiger partial charge in [-0.05, 0) is 51.3 Å². The minimum absolute atomic E-state index is 0.224. The predicted molar refractivity (Wildman–Crippen MR) is 85.7 cm³/mol. The van der Waals surface area contributed by atoms with E-state index in [2.05, 4.69) is 10.2 Å². The Kier molecular flexibility index (Phi) is 5.86. The number of benzene rings is 1. The number of carbonyl (C=O) groups is 1. The number of amides is 1. The van der Waals surface area contributed by atoms with E-state index in [1.54, 1.807) is 36.4 Å². The van der Waals surface area contributed by atoms with Crippen LogP contribution in [-0.2, 0) is 0 Å². The molecule has 2 rings (SSSR count). The Bertz CT molecular complexity index is 625. The molecule has 0 aliphatic heterocycles. The van der Waals surface area contributed by atoms with Crippen LogP contribution in [0.25, 0.3) is 0 Å². The van der Waals surface area contributed by atoms with Gasteiger partial charge in [-0.25, -0.2) is 0 Å². The Hall–Kier alpha value is -1.98. The molecule has 0 spiro atoms. The van der Waals surface area contributed by atoms with Gasteiger partial charge in [0, 0.05) is 17.6 Å². The van der Waals surface area contributed by atoms with Gasteiger partial charge in [-0.3, -0.25) is 4.79 Å². The maximum atomic E-state index is 11.9. The van der Waals surface area contributed by atoms with Crippen LogP contribution in [0.2, 0.25) is 5.02 Å². The highest BCUT2D eigenvalue weighted by Crippen LogP contribution is 2.25. The van der Waals surface area contributed by atoms with Gasteiger partial charge < -0.3 is 19.4 Å². The molecular weight excluding hydrogens is 304 g/mol. The summed E-state index contributed by atoms with van der Waals surface area (Å²) in [5, 5.41) is 3.38. The average molecular weight is 323 g/mol. The van der Waals surface area contributed by atoms with Crippen molar-refractivity contribution in [3.05, 3.63) is 47.2 Å². The smallest absolute Gasteiger partial charge is 0.290 e. The number of hydrogen-bond acceptors (Lipinski definition) is 4. The van der Waals surface area contributed by atoms with Gasteiger partial charge in [0.1, 0.15) is 5.75 Å². The number of hydrogen-bond donors (Lipinski definition) is 1. The van der Waals surface area contributed by atoms with Gasteiger partial charge in [0.25, 0.3) is 11.9 Å². The molecule has 0 aliphatic rings. The van der Waals surface area contributed by atoms with Gasteiger partial charge >= 0.3 is 0 Å². The van der Waals surface area contributed by atoms with Crippen molar-refractivity contribution in [3.8, 4) is 11.7 Å². The Morgan fingerprint density at radius 2 is 2.14 bits per heavy atom. The summed E-state index contributed by atoms with van der Waals surface area (Å²) >= 11 is 5.88. The molecule has 1 aromatic carbocycles. The van der Waals surface area contributed by atoms with Crippen molar-refractivity contribution >= 4 is 17.5 Å². The summed E-state index contributed by atoms with van der Waals surface area (Å²) in [6, 6.07) is 10.2. The lowest BCUT2D eigenvalue weighted by atomic mass is 10.3. The molecule has 0 aliphatic carbocycles. The summed E-state index contributed by atoms with van der Waals surface area (Å²) in [7, 11) is 3.99. The average Bonchev–Trinajstić information content (AvgIpc) is 2.92. The number of rotatable bonds is 7. The summed E-state index contributed by atoms with van der Waals surface area (Å²) in [4.78, 5) is 14.0. The topological polar surface area (TPSA) is 54.7 Å². The van der Waals surface area contributed by atoms with Gasteiger partial charge in [-0.15, -0.1) is 0 Å². The van der Waals surface area contributed by atoms with E-state index in [0.717, 1.165) is 13.0 Å². The molecule has 6 heteroatoms. The van der Waals surface area contributed by atoms with E-state index in [4.69, 9.17) is 20.8 Å². The van der Waals surface area contributed by atoms with Crippen LogP contribution in [0.4, 0.5) is 0 Å². The third-order valence-corrected chi connectivity index (χ3v) is 3.12. The summed E-state index contributed by atoms with van der Waals surface area (Å²) in [6.45, 7) is 1.52. The highest BCUT2D eigenvalue weighted by atomic mass is 35.5. The first-order valence-electron chi connectivity index (χ1n) is 7.01. The van der Waals surface area contributed by atoms with Gasteiger partial charge in [-0.1, -0.05) is 17.7 Å². The van der Waals surface area contributed by atoms with Crippen molar-refractivity contribution in [3.63, 3.8) is 0 Å². The highest BCUT2D eigenvalue weighted by molar-refractivity contribution is 6.30. The van der Waals surface area contributed by atoms with Crippen LogP contribution in [0.5, 0.6) is 11.7 Å². The van der Waals surface area contributed by atoms with Crippen molar-refractivity contribution in [2.24, 2.45) is 0 Å². The standard InChI is InChI=1S/C16H19ClN2O3/c1-19(2)10-4-9-18-16(20)14-7-8-15(22-14)21-13-6-3-5-12(17)11-13/h3,5-8,11H,4,9-10H2,1-2H3,(H,18,20). The lowest BCUT2D eigenvalue weighted by Gasteiger charge is -2.09. The molecule has 0 atom stereocenters. The first-order valence-corrected chi connectivity index (χ1v) is 7.38. The lowest BCUT2D eigenvalue weighted by molar-refractivity contribution is 0.0919. The molecule has 0 saturated heterocycles. The molecule has 0 radical (unpaired) electrons. The molecule has 5 nitrogen and oxygen atoms in total. The normalized spacial score (nSPS) is 10.7. The van der Waals surface area contributed by atoms with E-state index < -0.39 is 0 Å². The SMILES string of the molecule is CN(C)CCCNC(=O)c1ccc(Oc2cccc(Cl)c2)o1. The number of nitrogens with one attached hydrogen (secondary N) is 1. The van der Waals surface area contributed by atoms with Crippen molar-refractivity contribution in [1.82, 2.24) is 10.2 Å². The predicted octanol–water partition coefficient (Wildman–Crippen LogP) is 3.41. The lowest BCUT2D eigenvalue weighted by Crippen LogP contribution is -2.26. The van der Waals surface area contributed by atoms with Crippen LogP contribution < -0.4 is 10.1 Å². The third kappa shape index (κ3) is 5.09. The fourth-order valence-electron chi connectivity index (χ4n) is 1.83. The van der Waals surface area contributed by atoms with E-state index in [1.165, 1.54) is 0 Å². The zero-order valence-electron chi connectivity index (χ0n) is 12.6. The monoisotopic (exact) mass is 322 g/mol. The van der Waals surface area contributed by atoms with Gasteiger partial charge in [-0.2, -0.15) is 0 Å². The fraction of sp³-hybridized carbons (Fsp3) is 0.312. The number of carbonyl (C=O) groups excluding carboxylic acids is 1. The zero-order chi connectivity index (χ0) is 15.9. The molecule has 0 bridgehead atoms. The van der Waals surface area contributed by atoms with Gasteiger partial charge in [0.2, 0.25) is 0 Å². The Balaban J connectivity index is 1.86. The number of nitrogens with zero attached hydrogens (tertiary/aromatic N) is 1. The summed E-state index contributed by atoms with van der Waals surface area (Å²) in [5.41, 5.74) is 0. The quantitative estimate of drug-likeness (QED) is 0.794. The van der Waals surface area contributed by atoms with Crippen LogP contribution >= 0.6 is 11.6 Å². The molecule has 1 aromatic heterocycles. The Morgan fingerprint density at radius 3 is 2.86 bits per heavy atom. The number of halogens is 1. The van der Waals surface area contributed by atoms with Gasteiger partial charge in [0.15, 0.2) is 5.76 Å². The molecule has 118 valence electrons. The molecule has 1 amide bonds. The summed E-state index contributed by atoms with van der Waals surface area (Å²) in [6.07, 6.45) is 0.880. The second-order valence-electron chi connectivity index (χ2n) is 5.09. The molecule has 22 heavy (non-hydrogen) atoms. The Morgan fingerprint density at radius 1 is 1.32 bits per heavy atom. The first kappa shape index (κ1) is 16.4. The maximum Gasteiger partial charge on any atom is 0.290 e. The van der Waals surface area contributed by atoms with Crippen LogP contribution in [0.1, 0.15) is 17.0 Å². The molecular formula is C16H19ClN2O3. The zero-order valence-corrected chi connectivity index (χ0v) is 13.4. The van der Waals surface area contributed by atoms with Crippen LogP contribution in [-0.4, -0.2) is 38.0 Å². The van der Waals surface area contributed by atoms with E-state index >= 15 is 0 Å². The molecule has 0 unspecified atom stereocenters. The summed E-state index contributed by atoms with van der Waals surface area (Å²) < 4.78 is 10.9. The second-order valence-corrected chi connectivity index (χ2v) is 5.53. The van der Waals surface area contributed by atoms with Crippen LogP contribution in [0.3, 0.4) is 0 Å². The van der Waals surface area contributed by atoms with E-state index in [-0.39, 0.29) is 17.6 Å². The van der Waals surface area contributed by atoms with E-state index in [1.807, 2.05) is 14.1 Å². The first-order chi connectivity index (χ1) is 10.5. The van der Waals surface area contributed by atoms with Crippen molar-refractivity contribution in [2.45, 2.75) is 6.42 Å². The van der Waals surface area contributed by atoms with Crippen LogP contribution in [0.15, 0.2) is 40.8 Å². The number of ether oxygens (including phenoxy) is 1. The number of furan rings is 1. The van der Waals surface area contributed by atoms with Crippen molar-refractivity contribution in [2.75, 3.05) is 27.2 Å². The largest absolute Gasteiger partial charge is 0.426 e. The van der Waals surface area contributed by atoms with Crippen molar-refractivity contribution in [1.29, 1.82) is 0 Å². The maximum absolute atomic E-state index is 11.9. The van der Waals surface area contributed by atoms with E-state index in [9.17, 15) is 4.79 Å². The fourth-order valence-corrected chi connectivity index (χ4v) is 2.01. The molecule has 0 fully saturated rings. The molecule has 1 heterocycles. The molecule has 2 aromatic rings.